The Morgan fingerprint density at radius 1 is 1.18 bits per heavy atom. The van der Waals surface area contributed by atoms with E-state index in [9.17, 15) is 0 Å². The van der Waals surface area contributed by atoms with Crippen LogP contribution in [0.3, 0.4) is 0 Å². The van der Waals surface area contributed by atoms with E-state index in [0.29, 0.717) is 10.8 Å². The molecule has 0 atom stereocenters. The SMILES string of the molecule is CC(C)CSc1c(C#N)c(Cl)nc(Cl)c1C#N. The van der Waals surface area contributed by atoms with Crippen LogP contribution in [0, 0.1) is 28.6 Å². The summed E-state index contributed by atoms with van der Waals surface area (Å²) in [5.74, 6) is 1.21. The quantitative estimate of drug-likeness (QED) is 0.625. The lowest BCUT2D eigenvalue weighted by molar-refractivity contribution is 0.750. The van der Waals surface area contributed by atoms with Crippen molar-refractivity contribution in [1.82, 2.24) is 4.98 Å². The fourth-order valence-electron chi connectivity index (χ4n) is 1.10. The third kappa shape index (κ3) is 3.26. The number of pyridine rings is 1. The molecule has 6 heteroatoms. The predicted octanol–water partition coefficient (Wildman–Crippen LogP) is 3.88. The number of thioether (sulfide) groups is 1. The van der Waals surface area contributed by atoms with Gasteiger partial charge in [-0.2, -0.15) is 10.5 Å². The number of nitrogens with zero attached hydrogens (tertiary/aromatic N) is 3. The summed E-state index contributed by atoms with van der Waals surface area (Å²) in [4.78, 5) is 4.30. The zero-order chi connectivity index (χ0) is 13.0. The smallest absolute Gasteiger partial charge is 0.149 e. The van der Waals surface area contributed by atoms with Gasteiger partial charge in [-0.1, -0.05) is 37.0 Å². The Morgan fingerprint density at radius 2 is 1.65 bits per heavy atom. The first-order valence-electron chi connectivity index (χ1n) is 4.83. The third-order valence-corrected chi connectivity index (χ3v) is 3.92. The van der Waals surface area contributed by atoms with Crippen LogP contribution in [-0.4, -0.2) is 10.7 Å². The molecular formula is C11H9Cl2N3S. The van der Waals surface area contributed by atoms with Gasteiger partial charge in [0.2, 0.25) is 0 Å². The van der Waals surface area contributed by atoms with Crippen molar-refractivity contribution >= 4 is 35.0 Å². The number of rotatable bonds is 3. The molecule has 0 amide bonds. The number of aromatic nitrogens is 1. The molecule has 1 heterocycles. The summed E-state index contributed by atoms with van der Waals surface area (Å²) >= 11 is 13.1. The fraction of sp³-hybridized carbons (Fsp3) is 0.364. The molecule has 3 nitrogen and oxygen atoms in total. The van der Waals surface area contributed by atoms with E-state index in [1.165, 1.54) is 11.8 Å². The molecule has 0 aliphatic heterocycles. The van der Waals surface area contributed by atoms with Crippen molar-refractivity contribution in [2.75, 3.05) is 5.75 Å². The lowest BCUT2D eigenvalue weighted by atomic mass is 10.2. The Morgan fingerprint density at radius 3 is 2.00 bits per heavy atom. The molecule has 88 valence electrons. The molecule has 1 rings (SSSR count). The lowest BCUT2D eigenvalue weighted by Gasteiger charge is -2.09. The van der Waals surface area contributed by atoms with Gasteiger partial charge in [0.05, 0.1) is 0 Å². The lowest BCUT2D eigenvalue weighted by Crippen LogP contribution is -1.98. The standard InChI is InChI=1S/C11H9Cl2N3S/c1-6(2)5-17-9-7(3-14)10(12)16-11(13)8(9)4-15/h6H,5H2,1-2H3. The maximum atomic E-state index is 9.04. The van der Waals surface area contributed by atoms with Crippen LogP contribution in [-0.2, 0) is 0 Å². The summed E-state index contributed by atoms with van der Waals surface area (Å²) < 4.78 is 0. The van der Waals surface area contributed by atoms with Gasteiger partial charge in [-0.15, -0.1) is 11.8 Å². The molecule has 1 aromatic heterocycles. The Kier molecular flexibility index (Phi) is 5.08. The number of hydrogen-bond donors (Lipinski definition) is 0. The first kappa shape index (κ1) is 14.1. The Hall–Kier alpha value is -0.940. The van der Waals surface area contributed by atoms with Crippen LogP contribution in [0.15, 0.2) is 4.90 Å². The van der Waals surface area contributed by atoms with Crippen molar-refractivity contribution < 1.29 is 0 Å². The van der Waals surface area contributed by atoms with Crippen molar-refractivity contribution in [1.29, 1.82) is 10.5 Å². The van der Waals surface area contributed by atoms with E-state index in [2.05, 4.69) is 18.8 Å². The maximum absolute atomic E-state index is 9.04. The normalized spacial score (nSPS) is 10.1. The first-order chi connectivity index (χ1) is 8.01. The number of nitriles is 2. The second kappa shape index (κ2) is 6.12. The van der Waals surface area contributed by atoms with Crippen LogP contribution in [0.1, 0.15) is 25.0 Å². The molecule has 0 spiro atoms. The van der Waals surface area contributed by atoms with Gasteiger partial charge in [0, 0.05) is 10.6 Å². The van der Waals surface area contributed by atoms with E-state index < -0.39 is 0 Å². The van der Waals surface area contributed by atoms with Crippen molar-refractivity contribution in [3.8, 4) is 12.1 Å². The third-order valence-electron chi connectivity index (χ3n) is 1.85. The van der Waals surface area contributed by atoms with E-state index >= 15 is 0 Å². The van der Waals surface area contributed by atoms with Crippen LogP contribution >= 0.6 is 35.0 Å². The second-order valence-electron chi connectivity index (χ2n) is 3.70. The van der Waals surface area contributed by atoms with E-state index in [1.54, 1.807) is 0 Å². The van der Waals surface area contributed by atoms with Crippen molar-refractivity contribution in [3.05, 3.63) is 21.4 Å². The number of halogens is 2. The Labute approximate surface area is 114 Å². The molecule has 0 fully saturated rings. The Balaban J connectivity index is 3.33. The highest BCUT2D eigenvalue weighted by molar-refractivity contribution is 7.99. The van der Waals surface area contributed by atoms with Crippen LogP contribution in [0.2, 0.25) is 10.3 Å². The second-order valence-corrected chi connectivity index (χ2v) is 5.45. The first-order valence-corrected chi connectivity index (χ1v) is 6.57. The van der Waals surface area contributed by atoms with Gasteiger partial charge in [-0.25, -0.2) is 4.98 Å². The minimum absolute atomic E-state index is 0.0442. The topological polar surface area (TPSA) is 60.5 Å². The summed E-state index contributed by atoms with van der Waals surface area (Å²) in [6, 6.07) is 3.93. The van der Waals surface area contributed by atoms with E-state index in [4.69, 9.17) is 33.7 Å². The van der Waals surface area contributed by atoms with Crippen LogP contribution in [0.25, 0.3) is 0 Å². The molecule has 0 unspecified atom stereocenters. The van der Waals surface area contributed by atoms with E-state index in [-0.39, 0.29) is 21.4 Å². The average Bonchev–Trinajstić information content (AvgIpc) is 2.25. The average molecular weight is 286 g/mol. The molecular weight excluding hydrogens is 277 g/mol. The highest BCUT2D eigenvalue weighted by Gasteiger charge is 2.18. The maximum Gasteiger partial charge on any atom is 0.149 e. The minimum atomic E-state index is 0.0442. The van der Waals surface area contributed by atoms with Gasteiger partial charge in [-0.3, -0.25) is 0 Å². The summed E-state index contributed by atoms with van der Waals surface area (Å²) in [6.07, 6.45) is 0. The van der Waals surface area contributed by atoms with Gasteiger partial charge >= 0.3 is 0 Å². The summed E-state index contributed by atoms with van der Waals surface area (Å²) in [7, 11) is 0. The van der Waals surface area contributed by atoms with E-state index in [0.717, 1.165) is 5.75 Å². The monoisotopic (exact) mass is 285 g/mol. The Bertz CT molecular complexity index is 477. The molecule has 1 aromatic rings. The van der Waals surface area contributed by atoms with Crippen molar-refractivity contribution in [2.24, 2.45) is 5.92 Å². The molecule has 0 bridgehead atoms. The molecule has 0 aromatic carbocycles. The number of hydrogen-bond acceptors (Lipinski definition) is 4. The highest BCUT2D eigenvalue weighted by atomic mass is 35.5. The molecule has 17 heavy (non-hydrogen) atoms. The molecule has 0 saturated carbocycles. The predicted molar refractivity (Wildman–Crippen MR) is 69.2 cm³/mol. The van der Waals surface area contributed by atoms with E-state index in [1.807, 2.05) is 12.1 Å². The van der Waals surface area contributed by atoms with Crippen LogP contribution < -0.4 is 0 Å². The molecule has 0 aliphatic carbocycles. The molecule has 0 saturated heterocycles. The van der Waals surface area contributed by atoms with Gasteiger partial charge in [0.1, 0.15) is 33.6 Å². The molecule has 0 aliphatic rings. The summed E-state index contributed by atoms with van der Waals surface area (Å²) in [6.45, 7) is 4.10. The van der Waals surface area contributed by atoms with Gasteiger partial charge < -0.3 is 0 Å². The van der Waals surface area contributed by atoms with Crippen LogP contribution in [0.5, 0.6) is 0 Å². The zero-order valence-electron chi connectivity index (χ0n) is 9.29. The fourth-order valence-corrected chi connectivity index (χ4v) is 2.77. The molecule has 0 N–H and O–H groups in total. The van der Waals surface area contributed by atoms with Gasteiger partial charge in [0.15, 0.2) is 0 Å². The van der Waals surface area contributed by atoms with Crippen molar-refractivity contribution in [2.45, 2.75) is 18.7 Å². The minimum Gasteiger partial charge on any atom is -0.222 e. The molecule has 0 radical (unpaired) electrons. The highest BCUT2D eigenvalue weighted by Crippen LogP contribution is 2.34. The van der Waals surface area contributed by atoms with Gasteiger partial charge in [-0.05, 0) is 5.92 Å². The summed E-state index contributed by atoms with van der Waals surface area (Å²) in [5, 5.41) is 18.2. The summed E-state index contributed by atoms with van der Waals surface area (Å²) in [5.41, 5.74) is 0.441. The van der Waals surface area contributed by atoms with Crippen molar-refractivity contribution in [3.63, 3.8) is 0 Å². The largest absolute Gasteiger partial charge is 0.222 e. The van der Waals surface area contributed by atoms with Gasteiger partial charge in [0.25, 0.3) is 0 Å². The van der Waals surface area contributed by atoms with Crippen LogP contribution in [0.4, 0.5) is 0 Å². The zero-order valence-corrected chi connectivity index (χ0v) is 11.6.